The van der Waals surface area contributed by atoms with E-state index in [9.17, 15) is 9.90 Å². The molecule has 2 N–H and O–H groups in total. The van der Waals surface area contributed by atoms with Crippen LogP contribution in [0.1, 0.15) is 31.1 Å². The van der Waals surface area contributed by atoms with Gasteiger partial charge in [-0.3, -0.25) is 19.6 Å². The van der Waals surface area contributed by atoms with Crippen LogP contribution in [0.5, 0.6) is 0 Å². The lowest BCUT2D eigenvalue weighted by Crippen LogP contribution is -2.50. The molecule has 1 amide bonds. The molecule has 164 valence electrons. The van der Waals surface area contributed by atoms with E-state index in [1.54, 1.807) is 12.3 Å². The van der Waals surface area contributed by atoms with E-state index in [0.29, 0.717) is 25.3 Å². The van der Waals surface area contributed by atoms with Crippen LogP contribution in [0, 0.1) is 0 Å². The lowest BCUT2D eigenvalue weighted by Gasteiger charge is -2.35. The molecule has 2 aromatic rings. The summed E-state index contributed by atoms with van der Waals surface area (Å²) in [7, 11) is 0. The molecule has 30 heavy (non-hydrogen) atoms. The number of pyridine rings is 1. The Bertz CT molecular complexity index is 823. The highest BCUT2D eigenvalue weighted by Crippen LogP contribution is 2.16. The Balaban J connectivity index is 1.37. The highest BCUT2D eigenvalue weighted by Gasteiger charge is 2.21. The highest BCUT2D eigenvalue weighted by atomic mass is 16.5. The van der Waals surface area contributed by atoms with E-state index in [2.05, 4.69) is 20.1 Å². The number of nitrogens with one attached hydrogen (secondary N) is 1. The zero-order chi connectivity index (χ0) is 21.6. The molecule has 0 radical (unpaired) electrons. The van der Waals surface area contributed by atoms with Crippen molar-refractivity contribution in [3.05, 3.63) is 42.1 Å². The Morgan fingerprint density at radius 3 is 2.60 bits per heavy atom. The van der Waals surface area contributed by atoms with E-state index in [4.69, 9.17) is 4.74 Å². The Morgan fingerprint density at radius 2 is 1.87 bits per heavy atom. The summed E-state index contributed by atoms with van der Waals surface area (Å²) in [4.78, 5) is 21.5. The number of hydrogen-bond acceptors (Lipinski definition) is 6. The van der Waals surface area contributed by atoms with Crippen LogP contribution in [0.25, 0.3) is 10.9 Å². The predicted molar refractivity (Wildman–Crippen MR) is 119 cm³/mol. The fraction of sp³-hybridized carbons (Fsp3) is 0.565. The molecule has 1 atom stereocenters. The van der Waals surface area contributed by atoms with Gasteiger partial charge in [0, 0.05) is 57.4 Å². The van der Waals surface area contributed by atoms with Gasteiger partial charge in [-0.15, -0.1) is 0 Å². The lowest BCUT2D eigenvalue weighted by atomic mass is 10.1. The second-order valence-electron chi connectivity index (χ2n) is 8.85. The maximum atomic E-state index is 12.6. The molecule has 0 aliphatic carbocycles. The van der Waals surface area contributed by atoms with Crippen molar-refractivity contribution in [3.63, 3.8) is 0 Å². The number of hydrogen-bond donors (Lipinski definition) is 2. The number of aromatic nitrogens is 1. The number of para-hydroxylation sites is 1. The minimum absolute atomic E-state index is 0.0609. The van der Waals surface area contributed by atoms with E-state index in [1.807, 2.05) is 45.0 Å². The fourth-order valence-electron chi connectivity index (χ4n) is 3.61. The summed E-state index contributed by atoms with van der Waals surface area (Å²) in [5.74, 6) is -0.0609. The SMILES string of the molecule is CC(C)(C)OC[C@@H](O)CN1CCN(CCNC(=O)c2ccnc3ccccc23)CC1. The van der Waals surface area contributed by atoms with Crippen LogP contribution in [0.15, 0.2) is 36.5 Å². The van der Waals surface area contributed by atoms with Gasteiger partial charge in [0.15, 0.2) is 0 Å². The number of fused-ring (bicyclic) bond motifs is 1. The van der Waals surface area contributed by atoms with Crippen LogP contribution in [-0.2, 0) is 4.74 Å². The molecule has 1 aromatic heterocycles. The third-order valence-corrected chi connectivity index (χ3v) is 5.25. The molecule has 1 aliphatic rings. The molecular weight excluding hydrogens is 380 g/mol. The average Bonchev–Trinajstić information content (AvgIpc) is 2.72. The van der Waals surface area contributed by atoms with Crippen molar-refractivity contribution in [1.29, 1.82) is 0 Å². The standard InChI is InChI=1S/C23H34N4O3/c1-23(2,3)30-17-18(28)16-27-14-12-26(13-15-27)11-10-25-22(29)20-8-9-24-21-7-5-4-6-19(20)21/h4-9,18,28H,10-17H2,1-3H3,(H,25,29)/t18-/m0/s1. The molecule has 7 nitrogen and oxygen atoms in total. The number of amides is 1. The van der Waals surface area contributed by atoms with E-state index in [0.717, 1.165) is 43.6 Å². The Hall–Kier alpha value is -2.06. The lowest BCUT2D eigenvalue weighted by molar-refractivity contribution is -0.0585. The normalized spacial score (nSPS) is 17.2. The van der Waals surface area contributed by atoms with Crippen LogP contribution in [-0.4, -0.2) is 89.9 Å². The van der Waals surface area contributed by atoms with E-state index in [1.165, 1.54) is 0 Å². The number of piperazine rings is 1. The van der Waals surface area contributed by atoms with Gasteiger partial charge in [0.05, 0.1) is 29.4 Å². The fourth-order valence-corrected chi connectivity index (χ4v) is 3.61. The van der Waals surface area contributed by atoms with Crippen LogP contribution in [0.3, 0.4) is 0 Å². The smallest absolute Gasteiger partial charge is 0.252 e. The van der Waals surface area contributed by atoms with Gasteiger partial charge in [0.1, 0.15) is 0 Å². The van der Waals surface area contributed by atoms with Crippen molar-refractivity contribution in [1.82, 2.24) is 20.1 Å². The summed E-state index contributed by atoms with van der Waals surface area (Å²) in [6.45, 7) is 12.1. The molecule has 1 aliphatic heterocycles. The number of ether oxygens (including phenoxy) is 1. The summed E-state index contributed by atoms with van der Waals surface area (Å²) >= 11 is 0. The largest absolute Gasteiger partial charge is 0.389 e. The van der Waals surface area contributed by atoms with Crippen molar-refractivity contribution in [2.45, 2.75) is 32.5 Å². The number of β-amino-alcohol motifs (C(OH)–C–C–N with tert-alkyl or cyclic N) is 1. The maximum absolute atomic E-state index is 12.6. The molecule has 2 heterocycles. The second kappa shape index (κ2) is 10.3. The van der Waals surface area contributed by atoms with Gasteiger partial charge < -0.3 is 15.2 Å². The number of carbonyl (C=O) groups is 1. The molecule has 0 unspecified atom stereocenters. The van der Waals surface area contributed by atoms with Gasteiger partial charge in [0.2, 0.25) is 0 Å². The van der Waals surface area contributed by atoms with Crippen LogP contribution in [0.4, 0.5) is 0 Å². The summed E-state index contributed by atoms with van der Waals surface area (Å²) < 4.78 is 5.66. The number of rotatable bonds is 8. The minimum Gasteiger partial charge on any atom is -0.389 e. The minimum atomic E-state index is -0.467. The summed E-state index contributed by atoms with van der Waals surface area (Å²) in [6, 6.07) is 9.46. The maximum Gasteiger partial charge on any atom is 0.252 e. The number of benzene rings is 1. The Morgan fingerprint density at radius 1 is 1.17 bits per heavy atom. The molecule has 7 heteroatoms. The molecular formula is C23H34N4O3. The van der Waals surface area contributed by atoms with Crippen molar-refractivity contribution < 1.29 is 14.6 Å². The topological polar surface area (TPSA) is 77.9 Å². The summed E-state index contributed by atoms with van der Waals surface area (Å²) in [6.07, 6.45) is 1.21. The summed E-state index contributed by atoms with van der Waals surface area (Å²) in [5.41, 5.74) is 1.26. The van der Waals surface area contributed by atoms with Crippen LogP contribution in [0.2, 0.25) is 0 Å². The van der Waals surface area contributed by atoms with Crippen molar-refractivity contribution >= 4 is 16.8 Å². The third-order valence-electron chi connectivity index (χ3n) is 5.25. The van der Waals surface area contributed by atoms with Crippen LogP contribution < -0.4 is 5.32 Å². The molecule has 0 bridgehead atoms. The predicted octanol–water partition coefficient (Wildman–Crippen LogP) is 1.76. The molecule has 1 aromatic carbocycles. The monoisotopic (exact) mass is 414 g/mol. The molecule has 1 fully saturated rings. The van der Waals surface area contributed by atoms with Gasteiger partial charge in [0.25, 0.3) is 5.91 Å². The van der Waals surface area contributed by atoms with Crippen molar-refractivity contribution in [2.75, 3.05) is 52.4 Å². The quantitative estimate of drug-likeness (QED) is 0.685. The first-order chi connectivity index (χ1) is 14.3. The zero-order valence-corrected chi connectivity index (χ0v) is 18.3. The van der Waals surface area contributed by atoms with E-state index < -0.39 is 6.10 Å². The van der Waals surface area contributed by atoms with Gasteiger partial charge >= 0.3 is 0 Å². The van der Waals surface area contributed by atoms with Gasteiger partial charge in [-0.25, -0.2) is 0 Å². The summed E-state index contributed by atoms with van der Waals surface area (Å²) in [5, 5.41) is 14.1. The van der Waals surface area contributed by atoms with Crippen LogP contribution >= 0.6 is 0 Å². The molecule has 1 saturated heterocycles. The first kappa shape index (κ1) is 22.6. The van der Waals surface area contributed by atoms with E-state index >= 15 is 0 Å². The zero-order valence-electron chi connectivity index (χ0n) is 18.3. The molecule has 0 spiro atoms. The molecule has 0 saturated carbocycles. The highest BCUT2D eigenvalue weighted by molar-refractivity contribution is 6.05. The number of nitrogens with zero attached hydrogens (tertiary/aromatic N) is 3. The van der Waals surface area contributed by atoms with Gasteiger partial charge in [-0.05, 0) is 32.9 Å². The van der Waals surface area contributed by atoms with E-state index in [-0.39, 0.29) is 11.5 Å². The average molecular weight is 415 g/mol. The third kappa shape index (κ3) is 6.74. The number of carbonyl (C=O) groups excluding carboxylic acids is 1. The second-order valence-corrected chi connectivity index (χ2v) is 8.85. The van der Waals surface area contributed by atoms with Gasteiger partial charge in [-0.1, -0.05) is 18.2 Å². The molecule has 3 rings (SSSR count). The van der Waals surface area contributed by atoms with Crippen molar-refractivity contribution in [2.24, 2.45) is 0 Å². The number of aliphatic hydroxyl groups excluding tert-OH is 1. The Labute approximate surface area is 179 Å². The van der Waals surface area contributed by atoms with Gasteiger partial charge in [-0.2, -0.15) is 0 Å². The van der Waals surface area contributed by atoms with Crippen molar-refractivity contribution in [3.8, 4) is 0 Å². The first-order valence-electron chi connectivity index (χ1n) is 10.7. The number of aliphatic hydroxyl groups is 1. The first-order valence-corrected chi connectivity index (χ1v) is 10.7. The Kier molecular flexibility index (Phi) is 7.77.